The number of unbranched alkanes of at least 4 members (excludes halogenated alkanes) is 2. The van der Waals surface area contributed by atoms with Crippen LogP contribution in [0.3, 0.4) is 0 Å². The number of benzene rings is 1. The quantitative estimate of drug-likeness (QED) is 0.0965. The Morgan fingerprint density at radius 1 is 0.907 bits per heavy atom. The van der Waals surface area contributed by atoms with Gasteiger partial charge >= 0.3 is 29.6 Å². The van der Waals surface area contributed by atoms with E-state index in [9.17, 15) is 34.4 Å². The SMILES string of the molecule is CC1(C)C(=CC=C2CCC(C=CC3=[N+](CCCCS(=O)(=O)O)c4ccc(S(=O)(=O)[O-])cc4C3(C)C)=C2Cl)N=C2C1=CC(Cl)=CN2CCCCS(=O)(=O)O.[NaH]. The van der Waals surface area contributed by atoms with E-state index in [4.69, 9.17) is 32.7 Å². The second-order valence-electron chi connectivity index (χ2n) is 14.5. The van der Waals surface area contributed by atoms with Gasteiger partial charge in [0.05, 0.1) is 32.5 Å². The summed E-state index contributed by atoms with van der Waals surface area (Å²) in [5.74, 6) is 0.0296. The van der Waals surface area contributed by atoms with Crippen molar-refractivity contribution in [2.75, 3.05) is 24.6 Å². The maximum absolute atomic E-state index is 11.9. The van der Waals surface area contributed by atoms with Gasteiger partial charge in [-0.3, -0.25) is 9.11 Å². The Kier molecular flexibility index (Phi) is 14.0. The number of allylic oxidation sites excluding steroid dienone is 10. The van der Waals surface area contributed by atoms with E-state index in [-0.39, 0.29) is 52.4 Å². The van der Waals surface area contributed by atoms with Crippen molar-refractivity contribution < 1.29 is 43.5 Å². The fourth-order valence-corrected chi connectivity index (χ4v) is 9.21. The van der Waals surface area contributed by atoms with Crippen molar-refractivity contribution >= 4 is 100 Å². The van der Waals surface area contributed by atoms with E-state index in [1.54, 1.807) is 12.3 Å². The number of fused-ring (bicyclic) bond motifs is 2. The molecule has 18 heteroatoms. The predicted octanol–water partition coefficient (Wildman–Crippen LogP) is 6.07. The molecule has 0 fully saturated rings. The predicted molar refractivity (Wildman–Crippen MR) is 213 cm³/mol. The molecule has 0 aromatic heterocycles. The molecule has 0 saturated heterocycles. The summed E-state index contributed by atoms with van der Waals surface area (Å²) in [5.41, 5.74) is 4.50. The van der Waals surface area contributed by atoms with E-state index < -0.39 is 41.2 Å². The Morgan fingerprint density at radius 2 is 1.56 bits per heavy atom. The van der Waals surface area contributed by atoms with Crippen molar-refractivity contribution in [2.24, 2.45) is 10.4 Å². The standard InChI is InChI=1S/C36H43Cl2N3O9S3.Na.H/c1-35(2)29-21-26(37)23-40(17-5-7-19-51(42,43)44)34(29)39-31(35)15-11-24-9-10-25(33(24)38)12-16-32-36(3,4)28-22-27(53(48,49)50)13-14-30(28)41(32)18-6-8-20-52(45,46)47;;/h11-16,21-23H,5-10,17-20H2,1-4H3,(H2-,42,43,44,45,46,47,48,49,50);;. The molecule has 0 radical (unpaired) electrons. The molecule has 290 valence electrons. The number of aliphatic imine (C=N–C) groups is 1. The summed E-state index contributed by atoms with van der Waals surface area (Å²) in [4.78, 5) is 6.51. The molecule has 5 rings (SSSR count). The molecule has 1 aromatic rings. The zero-order chi connectivity index (χ0) is 39.1. The Labute approximate surface area is 350 Å². The summed E-state index contributed by atoms with van der Waals surface area (Å²) < 4.78 is 101. The van der Waals surface area contributed by atoms with Crippen LogP contribution in [0.4, 0.5) is 5.69 Å². The number of hydrogen-bond donors (Lipinski definition) is 2. The molecular weight excluding hydrogens is 809 g/mol. The van der Waals surface area contributed by atoms with Gasteiger partial charge in [0.25, 0.3) is 20.2 Å². The molecule has 3 aliphatic heterocycles. The van der Waals surface area contributed by atoms with Gasteiger partial charge < -0.3 is 9.45 Å². The molecule has 0 saturated carbocycles. The van der Waals surface area contributed by atoms with Crippen LogP contribution in [0.25, 0.3) is 0 Å². The van der Waals surface area contributed by atoms with Crippen molar-refractivity contribution in [3.8, 4) is 0 Å². The number of amidine groups is 1. The zero-order valence-corrected chi connectivity index (χ0v) is 33.8. The molecular formula is C36H44Cl2N3NaO9S3. The average molecular weight is 853 g/mol. The third-order valence-corrected chi connectivity index (χ3v) is 13.1. The van der Waals surface area contributed by atoms with Gasteiger partial charge in [0.1, 0.15) is 22.5 Å². The topological polar surface area (TPSA) is 185 Å². The number of nitrogens with zero attached hydrogens (tertiary/aromatic N) is 3. The molecule has 0 bridgehead atoms. The maximum atomic E-state index is 11.9. The van der Waals surface area contributed by atoms with Crippen LogP contribution < -0.4 is 0 Å². The van der Waals surface area contributed by atoms with Crippen LogP contribution in [0.1, 0.15) is 71.8 Å². The fourth-order valence-electron chi connectivity index (χ4n) is 7.04. The summed E-state index contributed by atoms with van der Waals surface area (Å²) in [6.07, 6.45) is 14.2. The fraction of sp³-hybridized carbons (Fsp3) is 0.444. The second-order valence-corrected chi connectivity index (χ2v) is 19.9. The zero-order valence-electron chi connectivity index (χ0n) is 29.8. The van der Waals surface area contributed by atoms with Crippen LogP contribution in [0, 0.1) is 5.41 Å². The molecule has 4 aliphatic rings. The van der Waals surface area contributed by atoms with Gasteiger partial charge in [0.15, 0.2) is 5.71 Å². The van der Waals surface area contributed by atoms with Crippen LogP contribution in [0.2, 0.25) is 0 Å². The third-order valence-electron chi connectivity index (χ3n) is 9.96. The molecule has 0 amide bonds. The van der Waals surface area contributed by atoms with E-state index in [0.29, 0.717) is 66.5 Å². The molecule has 0 atom stereocenters. The molecule has 0 unspecified atom stereocenters. The van der Waals surface area contributed by atoms with Gasteiger partial charge in [-0.25, -0.2) is 13.4 Å². The van der Waals surface area contributed by atoms with Crippen LogP contribution in [-0.2, 0) is 35.8 Å². The van der Waals surface area contributed by atoms with Gasteiger partial charge in [-0.15, -0.1) is 0 Å². The van der Waals surface area contributed by atoms with Crippen molar-refractivity contribution in [3.63, 3.8) is 0 Å². The number of rotatable bonds is 14. The van der Waals surface area contributed by atoms with Gasteiger partial charge in [0, 0.05) is 52.9 Å². The molecule has 1 aromatic carbocycles. The number of halogens is 2. The first-order valence-electron chi connectivity index (χ1n) is 17.1. The van der Waals surface area contributed by atoms with Crippen molar-refractivity contribution in [3.05, 3.63) is 92.8 Å². The first-order chi connectivity index (χ1) is 24.5. The number of hydrogen-bond acceptors (Lipinski definition) is 9. The Hall–Kier alpha value is -1.89. The average Bonchev–Trinajstić information content (AvgIpc) is 3.59. The monoisotopic (exact) mass is 851 g/mol. The van der Waals surface area contributed by atoms with Gasteiger partial charge in [-0.05, 0) is 81.4 Å². The van der Waals surface area contributed by atoms with Crippen LogP contribution >= 0.6 is 23.2 Å². The van der Waals surface area contributed by atoms with Crippen molar-refractivity contribution in [1.29, 1.82) is 0 Å². The minimum atomic E-state index is -4.70. The molecule has 1 aliphatic carbocycles. The van der Waals surface area contributed by atoms with Crippen LogP contribution in [0.5, 0.6) is 0 Å². The minimum absolute atomic E-state index is 0. The van der Waals surface area contributed by atoms with Gasteiger partial charge in [-0.1, -0.05) is 49.2 Å². The first kappa shape index (κ1) is 44.8. The third kappa shape index (κ3) is 10.3. The molecule has 3 heterocycles. The van der Waals surface area contributed by atoms with Crippen LogP contribution in [-0.4, -0.2) is 114 Å². The molecule has 54 heavy (non-hydrogen) atoms. The van der Waals surface area contributed by atoms with Crippen LogP contribution in [0.15, 0.2) is 97.1 Å². The van der Waals surface area contributed by atoms with E-state index in [1.165, 1.54) is 12.1 Å². The summed E-state index contributed by atoms with van der Waals surface area (Å²) in [6, 6.07) is 4.26. The van der Waals surface area contributed by atoms with Gasteiger partial charge in [-0.2, -0.15) is 21.4 Å². The van der Waals surface area contributed by atoms with E-state index in [0.717, 1.165) is 34.0 Å². The Balaban J connectivity index is 0.00000650. The second kappa shape index (κ2) is 16.9. The van der Waals surface area contributed by atoms with Gasteiger partial charge in [0.2, 0.25) is 5.69 Å². The van der Waals surface area contributed by atoms with E-state index in [1.807, 2.05) is 53.7 Å². The first-order valence-corrected chi connectivity index (χ1v) is 22.5. The summed E-state index contributed by atoms with van der Waals surface area (Å²) >= 11 is 13.4. The van der Waals surface area contributed by atoms with E-state index in [2.05, 4.69) is 13.8 Å². The molecule has 12 nitrogen and oxygen atoms in total. The Morgan fingerprint density at radius 3 is 2.19 bits per heavy atom. The van der Waals surface area contributed by atoms with E-state index >= 15 is 0 Å². The Bertz CT molecular complexity index is 2300. The summed E-state index contributed by atoms with van der Waals surface area (Å²) in [7, 11) is -12.9. The molecule has 2 N–H and O–H groups in total. The summed E-state index contributed by atoms with van der Waals surface area (Å²) in [5, 5.41) is 1.12. The van der Waals surface area contributed by atoms with Crippen molar-refractivity contribution in [1.82, 2.24) is 4.90 Å². The normalized spacial score (nSPS) is 21.1. The summed E-state index contributed by atoms with van der Waals surface area (Å²) in [6.45, 7) is 8.81. The van der Waals surface area contributed by atoms with Crippen molar-refractivity contribution in [2.45, 2.75) is 76.5 Å². The molecule has 0 spiro atoms.